The van der Waals surface area contributed by atoms with Crippen molar-refractivity contribution < 1.29 is 23.3 Å². The van der Waals surface area contributed by atoms with Crippen LogP contribution in [0.2, 0.25) is 0 Å². The number of anilines is 1. The Kier molecular flexibility index (Phi) is 6.13. The molecule has 0 aliphatic heterocycles. The number of rotatable bonds is 7. The fraction of sp³-hybridized carbons (Fsp3) is 0.192. The van der Waals surface area contributed by atoms with Gasteiger partial charge in [0.05, 0.1) is 18.6 Å². The number of ether oxygens (including phenoxy) is 1. The Morgan fingerprint density at radius 1 is 1.06 bits per heavy atom. The lowest BCUT2D eigenvalue weighted by Gasteiger charge is -2.15. The van der Waals surface area contributed by atoms with Gasteiger partial charge >= 0.3 is 0 Å². The Morgan fingerprint density at radius 3 is 2.48 bits per heavy atom. The zero-order chi connectivity index (χ0) is 23.5. The summed E-state index contributed by atoms with van der Waals surface area (Å²) in [7, 11) is 0. The van der Waals surface area contributed by atoms with Crippen LogP contribution < -0.4 is 10.1 Å². The van der Waals surface area contributed by atoms with Crippen LogP contribution in [0.1, 0.15) is 46.2 Å². The van der Waals surface area contributed by atoms with E-state index in [1.54, 1.807) is 30.3 Å². The van der Waals surface area contributed by atoms with E-state index < -0.39 is 0 Å². The minimum Gasteiger partial charge on any atom is -0.493 e. The molecule has 0 aliphatic rings. The third-order valence-corrected chi connectivity index (χ3v) is 5.25. The van der Waals surface area contributed by atoms with Gasteiger partial charge in [0.15, 0.2) is 11.5 Å². The average Bonchev–Trinajstić information content (AvgIpc) is 3.44. The molecular formula is C26H24N2O5. The number of aromatic nitrogens is 1. The number of ketones is 1. The maximum Gasteiger partial charge on any atom is 0.291 e. The van der Waals surface area contributed by atoms with E-state index in [0.717, 1.165) is 27.9 Å². The number of amides is 1. The molecule has 0 saturated heterocycles. The van der Waals surface area contributed by atoms with E-state index in [0.29, 0.717) is 29.4 Å². The highest BCUT2D eigenvalue weighted by Gasteiger charge is 2.18. The van der Waals surface area contributed by atoms with Gasteiger partial charge in [-0.2, -0.15) is 0 Å². The molecule has 33 heavy (non-hydrogen) atoms. The molecular weight excluding hydrogens is 420 g/mol. The molecule has 2 heterocycles. The van der Waals surface area contributed by atoms with Crippen LogP contribution in [0.5, 0.6) is 5.75 Å². The average molecular weight is 444 g/mol. The zero-order valence-electron chi connectivity index (χ0n) is 18.9. The van der Waals surface area contributed by atoms with E-state index in [-0.39, 0.29) is 17.5 Å². The minimum atomic E-state index is -0.371. The summed E-state index contributed by atoms with van der Waals surface area (Å²) in [6.45, 7) is 7.59. The number of hydrogen-bond acceptors (Lipinski definition) is 6. The number of hydrogen-bond donors (Lipinski definition) is 1. The van der Waals surface area contributed by atoms with Crippen LogP contribution >= 0.6 is 0 Å². The van der Waals surface area contributed by atoms with Gasteiger partial charge in [0.25, 0.3) is 5.91 Å². The van der Waals surface area contributed by atoms with Gasteiger partial charge in [0.2, 0.25) is 0 Å². The Balaban J connectivity index is 1.89. The van der Waals surface area contributed by atoms with Gasteiger partial charge in [-0.1, -0.05) is 5.16 Å². The number of furan rings is 1. The summed E-state index contributed by atoms with van der Waals surface area (Å²) in [5.74, 6) is 1.09. The minimum absolute atomic E-state index is 0.0486. The van der Waals surface area contributed by atoms with Crippen LogP contribution in [-0.4, -0.2) is 23.5 Å². The lowest BCUT2D eigenvalue weighted by molar-refractivity contribution is 0.0993. The molecule has 1 amide bonds. The summed E-state index contributed by atoms with van der Waals surface area (Å²) in [6, 6.07) is 14.2. The van der Waals surface area contributed by atoms with Crippen LogP contribution in [0.4, 0.5) is 5.69 Å². The first-order chi connectivity index (χ1) is 15.9. The number of carbonyl (C=O) groups excluding carboxylic acids is 2. The van der Waals surface area contributed by atoms with E-state index in [9.17, 15) is 9.59 Å². The summed E-state index contributed by atoms with van der Waals surface area (Å²) < 4.78 is 16.4. The molecule has 7 heteroatoms. The number of nitrogens with one attached hydrogen (secondary N) is 1. The first-order valence-corrected chi connectivity index (χ1v) is 10.6. The standard InChI is InChI=1S/C26H24N2O5/c1-5-31-23-9-8-18(16(3)29)14-22(23)19-11-20(25-15(2)28-33-17(25)4)13-21(12-19)27-26(30)24-7-6-10-32-24/h6-14H,5H2,1-4H3,(H,27,30). The topological polar surface area (TPSA) is 94.6 Å². The zero-order valence-corrected chi connectivity index (χ0v) is 18.9. The van der Waals surface area contributed by atoms with Crippen molar-refractivity contribution in [1.82, 2.24) is 5.16 Å². The van der Waals surface area contributed by atoms with Gasteiger partial charge in [-0.25, -0.2) is 0 Å². The van der Waals surface area contributed by atoms with Crippen LogP contribution in [0.25, 0.3) is 22.3 Å². The van der Waals surface area contributed by atoms with Crippen molar-refractivity contribution in [3.8, 4) is 28.0 Å². The van der Waals surface area contributed by atoms with Crippen LogP contribution in [0.15, 0.2) is 63.7 Å². The van der Waals surface area contributed by atoms with Crippen LogP contribution in [0.3, 0.4) is 0 Å². The third kappa shape index (κ3) is 4.57. The Bertz CT molecular complexity index is 1300. The molecule has 0 unspecified atom stereocenters. The van der Waals surface area contributed by atoms with Crippen molar-refractivity contribution in [3.05, 3.63) is 77.6 Å². The third-order valence-electron chi connectivity index (χ3n) is 5.25. The Hall–Kier alpha value is -4.13. The fourth-order valence-electron chi connectivity index (χ4n) is 3.75. The van der Waals surface area contributed by atoms with Gasteiger partial charge in [-0.3, -0.25) is 9.59 Å². The number of nitrogens with zero attached hydrogens (tertiary/aromatic N) is 1. The maximum absolute atomic E-state index is 12.7. The number of aryl methyl sites for hydroxylation is 2. The molecule has 4 aromatic rings. The van der Waals surface area contributed by atoms with Crippen LogP contribution in [-0.2, 0) is 0 Å². The number of Topliss-reactive ketones (excluding diaryl/α,β-unsaturated/α-hetero) is 1. The van der Waals surface area contributed by atoms with Crippen molar-refractivity contribution >= 4 is 17.4 Å². The molecule has 0 aliphatic carbocycles. The highest BCUT2D eigenvalue weighted by Crippen LogP contribution is 2.38. The Labute approximate surface area is 191 Å². The van der Waals surface area contributed by atoms with Gasteiger partial charge in [0.1, 0.15) is 11.5 Å². The van der Waals surface area contributed by atoms with Gasteiger partial charge in [-0.15, -0.1) is 0 Å². The highest BCUT2D eigenvalue weighted by atomic mass is 16.5. The molecule has 1 N–H and O–H groups in total. The largest absolute Gasteiger partial charge is 0.493 e. The van der Waals surface area contributed by atoms with E-state index in [1.807, 2.05) is 39.0 Å². The monoisotopic (exact) mass is 444 g/mol. The molecule has 0 bridgehead atoms. The molecule has 0 radical (unpaired) electrons. The van der Waals surface area contributed by atoms with Crippen LogP contribution in [0, 0.1) is 13.8 Å². The second-order valence-electron chi connectivity index (χ2n) is 7.63. The van der Waals surface area contributed by atoms with Crippen molar-refractivity contribution in [2.24, 2.45) is 0 Å². The van der Waals surface area contributed by atoms with E-state index >= 15 is 0 Å². The lowest BCUT2D eigenvalue weighted by Crippen LogP contribution is -2.11. The first kappa shape index (κ1) is 22.1. The van der Waals surface area contributed by atoms with E-state index in [4.69, 9.17) is 13.7 Å². The normalized spacial score (nSPS) is 10.8. The lowest BCUT2D eigenvalue weighted by atomic mass is 9.95. The molecule has 4 rings (SSSR count). The highest BCUT2D eigenvalue weighted by molar-refractivity contribution is 6.03. The predicted octanol–water partition coefficient (Wildman–Crippen LogP) is 6.07. The van der Waals surface area contributed by atoms with E-state index in [1.165, 1.54) is 13.2 Å². The predicted molar refractivity (Wildman–Crippen MR) is 125 cm³/mol. The SMILES string of the molecule is CCOc1ccc(C(C)=O)cc1-c1cc(NC(=O)c2ccco2)cc(-c2c(C)noc2C)c1. The molecule has 0 spiro atoms. The molecule has 2 aromatic carbocycles. The van der Waals surface area contributed by atoms with Gasteiger partial charge < -0.3 is 19.0 Å². The number of carbonyl (C=O) groups is 2. The molecule has 7 nitrogen and oxygen atoms in total. The summed E-state index contributed by atoms with van der Waals surface area (Å²) >= 11 is 0. The quantitative estimate of drug-likeness (QED) is 0.348. The molecule has 2 aromatic heterocycles. The summed E-state index contributed by atoms with van der Waals surface area (Å²) in [5, 5.41) is 6.96. The molecule has 0 fully saturated rings. The fourth-order valence-corrected chi connectivity index (χ4v) is 3.75. The Morgan fingerprint density at radius 2 is 1.85 bits per heavy atom. The van der Waals surface area contributed by atoms with Crippen molar-refractivity contribution in [3.63, 3.8) is 0 Å². The van der Waals surface area contributed by atoms with Crippen molar-refractivity contribution in [2.75, 3.05) is 11.9 Å². The second kappa shape index (κ2) is 9.16. The van der Waals surface area contributed by atoms with Crippen molar-refractivity contribution in [2.45, 2.75) is 27.7 Å². The van der Waals surface area contributed by atoms with Gasteiger partial charge in [0, 0.05) is 22.4 Å². The maximum atomic E-state index is 12.7. The molecule has 168 valence electrons. The second-order valence-corrected chi connectivity index (χ2v) is 7.63. The van der Waals surface area contributed by atoms with E-state index in [2.05, 4.69) is 10.5 Å². The summed E-state index contributed by atoms with van der Waals surface area (Å²) in [4.78, 5) is 24.7. The molecule has 0 atom stereocenters. The van der Waals surface area contributed by atoms with Gasteiger partial charge in [-0.05, 0) is 87.4 Å². The smallest absolute Gasteiger partial charge is 0.291 e. The first-order valence-electron chi connectivity index (χ1n) is 10.6. The molecule has 0 saturated carbocycles. The summed E-state index contributed by atoms with van der Waals surface area (Å²) in [5.41, 5.74) is 5.02. The number of benzene rings is 2. The van der Waals surface area contributed by atoms with Crippen molar-refractivity contribution in [1.29, 1.82) is 0 Å². The summed E-state index contributed by atoms with van der Waals surface area (Å²) in [6.07, 6.45) is 1.45.